The summed E-state index contributed by atoms with van der Waals surface area (Å²) in [7, 11) is 1.34. The number of nitro groups is 1. The van der Waals surface area contributed by atoms with E-state index in [9.17, 15) is 10.1 Å². The summed E-state index contributed by atoms with van der Waals surface area (Å²) in [4.78, 5) is 13.8. The molecule has 0 spiro atoms. The number of hydrogen-bond donors (Lipinski definition) is 0. The molecule has 0 saturated heterocycles. The lowest BCUT2D eigenvalue weighted by Gasteiger charge is -2.03. The molecule has 0 saturated carbocycles. The molecule has 1 rings (SSSR count). The molecular weight excluding hydrogens is 196 g/mol. The van der Waals surface area contributed by atoms with Crippen molar-refractivity contribution < 1.29 is 9.66 Å². The van der Waals surface area contributed by atoms with Gasteiger partial charge in [-0.2, -0.15) is 0 Å². The van der Waals surface area contributed by atoms with Crippen LogP contribution in [-0.2, 0) is 0 Å². The first kappa shape index (κ1) is 9.73. The van der Waals surface area contributed by atoms with Crippen molar-refractivity contribution in [2.45, 2.75) is 6.92 Å². The van der Waals surface area contributed by atoms with Gasteiger partial charge in [-0.25, -0.2) is 4.98 Å². The smallest absolute Gasteiger partial charge is 0.318 e. The summed E-state index contributed by atoms with van der Waals surface area (Å²) in [6, 6.07) is 0. The number of hydrogen-bond acceptors (Lipinski definition) is 4. The van der Waals surface area contributed by atoms with Gasteiger partial charge >= 0.3 is 5.69 Å². The second-order valence-electron chi connectivity index (χ2n) is 2.35. The summed E-state index contributed by atoms with van der Waals surface area (Å²) >= 11 is 5.62. The zero-order chi connectivity index (χ0) is 10.0. The molecule has 13 heavy (non-hydrogen) atoms. The van der Waals surface area contributed by atoms with Gasteiger partial charge < -0.3 is 4.74 Å². The van der Waals surface area contributed by atoms with Crippen molar-refractivity contribution in [1.29, 1.82) is 0 Å². The first-order valence-electron chi connectivity index (χ1n) is 3.41. The molecule has 0 fully saturated rings. The zero-order valence-corrected chi connectivity index (χ0v) is 7.83. The Kier molecular flexibility index (Phi) is 2.67. The molecule has 0 aliphatic carbocycles. The van der Waals surface area contributed by atoms with Crippen molar-refractivity contribution in [1.82, 2.24) is 4.98 Å². The van der Waals surface area contributed by atoms with Gasteiger partial charge in [0.1, 0.15) is 5.15 Å². The standard InChI is InChI=1S/C7H7ClN2O3/c1-4-6(10(11)12)5(13-2)3-9-7(4)8/h3H,1-2H3. The highest BCUT2D eigenvalue weighted by Crippen LogP contribution is 2.32. The van der Waals surface area contributed by atoms with E-state index in [2.05, 4.69) is 4.98 Å². The predicted molar refractivity (Wildman–Crippen MR) is 47.2 cm³/mol. The molecule has 6 heteroatoms. The molecule has 0 atom stereocenters. The molecule has 0 radical (unpaired) electrons. The van der Waals surface area contributed by atoms with Gasteiger partial charge in [0.2, 0.25) is 5.75 Å². The number of methoxy groups -OCH3 is 1. The van der Waals surface area contributed by atoms with Crippen LogP contribution in [0.1, 0.15) is 5.56 Å². The Morgan fingerprint density at radius 3 is 2.77 bits per heavy atom. The first-order valence-corrected chi connectivity index (χ1v) is 3.79. The quantitative estimate of drug-likeness (QED) is 0.418. The van der Waals surface area contributed by atoms with Gasteiger partial charge in [0.15, 0.2) is 0 Å². The molecule has 5 nitrogen and oxygen atoms in total. The number of rotatable bonds is 2. The molecular formula is C7H7ClN2O3. The Labute approximate surface area is 79.5 Å². The van der Waals surface area contributed by atoms with Crippen LogP contribution in [0.2, 0.25) is 5.15 Å². The third kappa shape index (κ3) is 1.70. The van der Waals surface area contributed by atoms with Crippen molar-refractivity contribution in [3.8, 4) is 5.75 Å². The molecule has 1 aromatic heterocycles. The van der Waals surface area contributed by atoms with E-state index in [-0.39, 0.29) is 16.6 Å². The van der Waals surface area contributed by atoms with E-state index in [4.69, 9.17) is 16.3 Å². The van der Waals surface area contributed by atoms with Gasteiger partial charge in [0.25, 0.3) is 0 Å². The highest BCUT2D eigenvalue weighted by atomic mass is 35.5. The molecule has 0 aromatic carbocycles. The number of ether oxygens (including phenoxy) is 1. The third-order valence-electron chi connectivity index (χ3n) is 1.60. The highest BCUT2D eigenvalue weighted by Gasteiger charge is 2.21. The lowest BCUT2D eigenvalue weighted by Crippen LogP contribution is -1.98. The third-order valence-corrected chi connectivity index (χ3v) is 1.98. The van der Waals surface area contributed by atoms with Crippen LogP contribution in [-0.4, -0.2) is 17.0 Å². The van der Waals surface area contributed by atoms with Crippen LogP contribution >= 0.6 is 11.6 Å². The average molecular weight is 203 g/mol. The Morgan fingerprint density at radius 2 is 2.31 bits per heavy atom. The fourth-order valence-electron chi connectivity index (χ4n) is 0.932. The van der Waals surface area contributed by atoms with E-state index in [0.717, 1.165) is 0 Å². The molecule has 0 aliphatic heterocycles. The van der Waals surface area contributed by atoms with Gasteiger partial charge in [-0.15, -0.1) is 0 Å². The Hall–Kier alpha value is -1.36. The molecule has 1 aromatic rings. The minimum absolute atomic E-state index is 0.118. The van der Waals surface area contributed by atoms with Crippen molar-refractivity contribution in [3.05, 3.63) is 27.0 Å². The van der Waals surface area contributed by atoms with Gasteiger partial charge in [0, 0.05) is 0 Å². The normalized spacial score (nSPS) is 9.77. The second-order valence-corrected chi connectivity index (χ2v) is 2.71. The Morgan fingerprint density at radius 1 is 1.69 bits per heavy atom. The molecule has 70 valence electrons. The summed E-state index contributed by atoms with van der Waals surface area (Å²) in [6.45, 7) is 1.52. The topological polar surface area (TPSA) is 65.3 Å². The molecule has 0 unspecified atom stereocenters. The SMILES string of the molecule is COc1cnc(Cl)c(C)c1[N+](=O)[O-]. The number of aromatic nitrogens is 1. The minimum atomic E-state index is -0.540. The van der Waals surface area contributed by atoms with Crippen LogP contribution < -0.4 is 4.74 Å². The fraction of sp³-hybridized carbons (Fsp3) is 0.286. The zero-order valence-electron chi connectivity index (χ0n) is 7.07. The monoisotopic (exact) mass is 202 g/mol. The van der Waals surface area contributed by atoms with Crippen molar-refractivity contribution in [2.24, 2.45) is 0 Å². The van der Waals surface area contributed by atoms with Gasteiger partial charge in [0.05, 0.1) is 23.8 Å². The Balaban J connectivity index is 3.41. The van der Waals surface area contributed by atoms with E-state index in [1.165, 1.54) is 20.2 Å². The van der Waals surface area contributed by atoms with E-state index in [0.29, 0.717) is 5.56 Å². The largest absolute Gasteiger partial charge is 0.489 e. The second kappa shape index (κ2) is 3.57. The number of nitrogens with zero attached hydrogens (tertiary/aromatic N) is 2. The summed E-state index contributed by atoms with van der Waals surface area (Å²) in [5, 5.41) is 10.7. The molecule has 0 amide bonds. The van der Waals surface area contributed by atoms with E-state index in [1.807, 2.05) is 0 Å². The van der Waals surface area contributed by atoms with Crippen LogP contribution in [0.15, 0.2) is 6.20 Å². The summed E-state index contributed by atoms with van der Waals surface area (Å²) in [5.74, 6) is 0.118. The molecule has 0 bridgehead atoms. The van der Waals surface area contributed by atoms with E-state index < -0.39 is 4.92 Å². The molecule has 0 aliphatic rings. The molecule has 1 heterocycles. The number of halogens is 1. The van der Waals surface area contributed by atoms with Crippen molar-refractivity contribution >= 4 is 17.3 Å². The summed E-state index contributed by atoms with van der Waals surface area (Å²) < 4.78 is 4.78. The number of pyridine rings is 1. The van der Waals surface area contributed by atoms with Crippen LogP contribution in [0.4, 0.5) is 5.69 Å². The predicted octanol–water partition coefficient (Wildman–Crippen LogP) is 1.96. The van der Waals surface area contributed by atoms with Crippen molar-refractivity contribution in [3.63, 3.8) is 0 Å². The maximum Gasteiger partial charge on any atom is 0.318 e. The van der Waals surface area contributed by atoms with Gasteiger partial charge in [-0.3, -0.25) is 10.1 Å². The minimum Gasteiger partial charge on any atom is -0.489 e. The lowest BCUT2D eigenvalue weighted by molar-refractivity contribution is -0.386. The maximum atomic E-state index is 10.6. The van der Waals surface area contributed by atoms with Crippen LogP contribution in [0.25, 0.3) is 0 Å². The first-order chi connectivity index (χ1) is 6.07. The van der Waals surface area contributed by atoms with Crippen LogP contribution in [0.3, 0.4) is 0 Å². The maximum absolute atomic E-state index is 10.6. The Bertz CT molecular complexity index is 354. The fourth-order valence-corrected chi connectivity index (χ4v) is 1.07. The van der Waals surface area contributed by atoms with Gasteiger partial charge in [-0.1, -0.05) is 11.6 Å². The van der Waals surface area contributed by atoms with Crippen LogP contribution in [0, 0.1) is 17.0 Å². The average Bonchev–Trinajstić information content (AvgIpc) is 2.08. The van der Waals surface area contributed by atoms with Gasteiger partial charge in [-0.05, 0) is 6.92 Å². The van der Waals surface area contributed by atoms with E-state index in [1.54, 1.807) is 0 Å². The molecule has 0 N–H and O–H groups in total. The summed E-state index contributed by atoms with van der Waals surface area (Å²) in [6.07, 6.45) is 1.23. The van der Waals surface area contributed by atoms with E-state index >= 15 is 0 Å². The lowest BCUT2D eigenvalue weighted by atomic mass is 10.2. The summed E-state index contributed by atoms with van der Waals surface area (Å²) in [5.41, 5.74) is 0.175. The highest BCUT2D eigenvalue weighted by molar-refractivity contribution is 6.30. The van der Waals surface area contributed by atoms with Crippen LogP contribution in [0.5, 0.6) is 5.75 Å². The van der Waals surface area contributed by atoms with Crippen molar-refractivity contribution in [2.75, 3.05) is 7.11 Å².